The summed E-state index contributed by atoms with van der Waals surface area (Å²) < 4.78 is 24.5. The van der Waals surface area contributed by atoms with Gasteiger partial charge in [0.2, 0.25) is 5.88 Å². The maximum absolute atomic E-state index is 13.2. The number of hydrogen-bond acceptors (Lipinski definition) is 6. The smallest absolute Gasteiger partial charge is 0.319 e. The lowest BCUT2D eigenvalue weighted by atomic mass is 9.63. The Balaban J connectivity index is 1.60. The SMILES string of the molecule is CCOc1ncc(C2(O)[C@@H]3CCC[C@H]2CN(Cc2ccc(F)cc2)C3)c(OCC)n1. The van der Waals surface area contributed by atoms with Gasteiger partial charge in [-0.15, -0.1) is 0 Å². The first-order valence-electron chi connectivity index (χ1n) is 10.9. The van der Waals surface area contributed by atoms with E-state index >= 15 is 0 Å². The number of aliphatic hydroxyl groups is 1. The van der Waals surface area contributed by atoms with Gasteiger partial charge in [-0.1, -0.05) is 18.6 Å². The van der Waals surface area contributed by atoms with Gasteiger partial charge in [0.15, 0.2) is 0 Å². The molecule has 0 amide bonds. The molecule has 7 heteroatoms. The molecule has 1 aliphatic carbocycles. The number of ether oxygens (including phenoxy) is 2. The van der Waals surface area contributed by atoms with Gasteiger partial charge in [-0.25, -0.2) is 9.37 Å². The Morgan fingerprint density at radius 3 is 2.40 bits per heavy atom. The summed E-state index contributed by atoms with van der Waals surface area (Å²) in [7, 11) is 0. The van der Waals surface area contributed by atoms with Crippen LogP contribution in [0.1, 0.15) is 44.2 Å². The molecule has 1 saturated carbocycles. The van der Waals surface area contributed by atoms with Crippen LogP contribution in [0, 0.1) is 17.7 Å². The summed E-state index contributed by atoms with van der Waals surface area (Å²) in [4.78, 5) is 11.1. The van der Waals surface area contributed by atoms with Crippen LogP contribution in [0.15, 0.2) is 30.5 Å². The molecule has 0 radical (unpaired) electrons. The van der Waals surface area contributed by atoms with Crippen LogP contribution < -0.4 is 9.47 Å². The van der Waals surface area contributed by atoms with Gasteiger partial charge in [-0.05, 0) is 44.4 Å². The minimum absolute atomic E-state index is 0.0613. The van der Waals surface area contributed by atoms with Crippen molar-refractivity contribution < 1.29 is 19.0 Å². The zero-order chi connectivity index (χ0) is 21.1. The lowest BCUT2D eigenvalue weighted by Crippen LogP contribution is -2.58. The summed E-state index contributed by atoms with van der Waals surface area (Å²) in [6, 6.07) is 6.94. The van der Waals surface area contributed by atoms with Crippen LogP contribution in [0.3, 0.4) is 0 Å². The molecule has 30 heavy (non-hydrogen) atoms. The van der Waals surface area contributed by atoms with Crippen LogP contribution in [0.5, 0.6) is 11.9 Å². The Labute approximate surface area is 177 Å². The third-order valence-electron chi connectivity index (χ3n) is 6.34. The van der Waals surface area contributed by atoms with Crippen LogP contribution in [0.4, 0.5) is 4.39 Å². The Morgan fingerprint density at radius 2 is 1.77 bits per heavy atom. The number of halogens is 1. The van der Waals surface area contributed by atoms with E-state index in [2.05, 4.69) is 14.9 Å². The van der Waals surface area contributed by atoms with Gasteiger partial charge in [-0.3, -0.25) is 4.90 Å². The van der Waals surface area contributed by atoms with Crippen molar-refractivity contribution in [3.8, 4) is 11.9 Å². The van der Waals surface area contributed by atoms with Crippen molar-refractivity contribution in [1.29, 1.82) is 0 Å². The summed E-state index contributed by atoms with van der Waals surface area (Å²) in [6.45, 7) is 7.00. The van der Waals surface area contributed by atoms with Gasteiger partial charge in [-0.2, -0.15) is 4.98 Å². The Kier molecular flexibility index (Phi) is 6.20. The standard InChI is InChI=1S/C23H30FN3O3/c1-3-29-21-20(12-25-22(26-21)30-4-2)23(28)17-6-5-7-18(23)15-27(14-17)13-16-8-10-19(24)11-9-16/h8-12,17-18,28H,3-7,13-15H2,1-2H3/t17-,18+,23?. The summed E-state index contributed by atoms with van der Waals surface area (Å²) in [5, 5.41) is 12.0. The molecule has 1 aliphatic heterocycles. The number of likely N-dealkylation sites (tertiary alicyclic amines) is 1. The second-order valence-corrected chi connectivity index (χ2v) is 8.21. The van der Waals surface area contributed by atoms with E-state index in [0.717, 1.165) is 44.5 Å². The topological polar surface area (TPSA) is 67.7 Å². The molecule has 1 unspecified atom stereocenters. The maximum Gasteiger partial charge on any atom is 0.319 e. The molecule has 162 valence electrons. The van der Waals surface area contributed by atoms with Gasteiger partial charge >= 0.3 is 6.01 Å². The zero-order valence-electron chi connectivity index (χ0n) is 17.7. The molecule has 2 aromatic rings. The van der Waals surface area contributed by atoms with Crippen molar-refractivity contribution in [1.82, 2.24) is 14.9 Å². The molecule has 2 aliphatic rings. The molecule has 1 aromatic heterocycles. The average Bonchev–Trinajstić information content (AvgIpc) is 2.71. The highest BCUT2D eigenvalue weighted by Gasteiger charge is 2.53. The highest BCUT2D eigenvalue weighted by Crippen LogP contribution is 2.51. The molecule has 3 atom stereocenters. The van der Waals surface area contributed by atoms with Crippen molar-refractivity contribution in [2.24, 2.45) is 11.8 Å². The molecule has 2 bridgehead atoms. The average molecular weight is 416 g/mol. The first-order valence-corrected chi connectivity index (χ1v) is 10.9. The maximum atomic E-state index is 13.2. The molecule has 6 nitrogen and oxygen atoms in total. The fourth-order valence-electron chi connectivity index (χ4n) is 5.03. The van der Waals surface area contributed by atoms with E-state index in [1.54, 1.807) is 6.20 Å². The molecule has 1 N–H and O–H groups in total. The second-order valence-electron chi connectivity index (χ2n) is 8.21. The van der Waals surface area contributed by atoms with E-state index in [0.29, 0.717) is 24.7 Å². The molecular weight excluding hydrogens is 385 g/mol. The number of fused-ring (bicyclic) bond motifs is 2. The first kappa shape index (κ1) is 21.0. The highest BCUT2D eigenvalue weighted by molar-refractivity contribution is 5.34. The second kappa shape index (κ2) is 8.86. The molecule has 4 rings (SSSR count). The summed E-state index contributed by atoms with van der Waals surface area (Å²) >= 11 is 0. The number of benzene rings is 1. The van der Waals surface area contributed by atoms with Crippen molar-refractivity contribution in [2.45, 2.75) is 45.3 Å². The molecule has 1 aromatic carbocycles. The van der Waals surface area contributed by atoms with Crippen molar-refractivity contribution in [3.63, 3.8) is 0 Å². The normalized spacial score (nSPS) is 26.4. The number of piperidine rings is 1. The zero-order valence-corrected chi connectivity index (χ0v) is 17.7. The van der Waals surface area contributed by atoms with Crippen LogP contribution in [0.25, 0.3) is 0 Å². The third kappa shape index (κ3) is 4.01. The number of rotatable bonds is 7. The van der Waals surface area contributed by atoms with E-state index in [4.69, 9.17) is 9.47 Å². The van der Waals surface area contributed by atoms with E-state index in [1.807, 2.05) is 26.0 Å². The highest BCUT2D eigenvalue weighted by atomic mass is 19.1. The monoisotopic (exact) mass is 415 g/mol. The van der Waals surface area contributed by atoms with Crippen LogP contribution in [-0.4, -0.2) is 46.3 Å². The number of aromatic nitrogens is 2. The van der Waals surface area contributed by atoms with E-state index in [1.165, 1.54) is 12.1 Å². The molecular formula is C23H30FN3O3. The minimum atomic E-state index is -1.02. The molecule has 1 saturated heterocycles. The molecule has 2 fully saturated rings. The van der Waals surface area contributed by atoms with Crippen molar-refractivity contribution in [2.75, 3.05) is 26.3 Å². The van der Waals surface area contributed by atoms with E-state index in [-0.39, 0.29) is 23.7 Å². The molecule has 0 spiro atoms. The molecule has 2 heterocycles. The Bertz CT molecular complexity index is 847. The Hall–Kier alpha value is -2.25. The lowest BCUT2D eigenvalue weighted by molar-refractivity contribution is -0.150. The number of hydrogen-bond donors (Lipinski definition) is 1. The van der Waals surface area contributed by atoms with Gasteiger partial charge in [0.1, 0.15) is 11.4 Å². The summed E-state index contributed by atoms with van der Waals surface area (Å²) in [5.41, 5.74) is 0.732. The van der Waals surface area contributed by atoms with Crippen LogP contribution in [-0.2, 0) is 12.1 Å². The third-order valence-corrected chi connectivity index (χ3v) is 6.34. The van der Waals surface area contributed by atoms with Gasteiger partial charge in [0, 0.05) is 37.7 Å². The Morgan fingerprint density at radius 1 is 1.10 bits per heavy atom. The summed E-state index contributed by atoms with van der Waals surface area (Å²) in [6.07, 6.45) is 4.66. The fourth-order valence-corrected chi connectivity index (χ4v) is 5.03. The van der Waals surface area contributed by atoms with Crippen LogP contribution in [0.2, 0.25) is 0 Å². The van der Waals surface area contributed by atoms with Gasteiger partial charge in [0.05, 0.1) is 18.8 Å². The van der Waals surface area contributed by atoms with E-state index < -0.39 is 5.60 Å². The quantitative estimate of drug-likeness (QED) is 0.746. The van der Waals surface area contributed by atoms with Gasteiger partial charge < -0.3 is 14.6 Å². The predicted octanol–water partition coefficient (Wildman–Crippen LogP) is 3.53. The van der Waals surface area contributed by atoms with Gasteiger partial charge in [0.25, 0.3) is 0 Å². The van der Waals surface area contributed by atoms with Crippen LogP contribution >= 0.6 is 0 Å². The fraction of sp³-hybridized carbons (Fsp3) is 0.565. The minimum Gasteiger partial charge on any atom is -0.478 e. The lowest BCUT2D eigenvalue weighted by Gasteiger charge is -2.53. The largest absolute Gasteiger partial charge is 0.478 e. The summed E-state index contributed by atoms with van der Waals surface area (Å²) in [5.74, 6) is 0.322. The first-order chi connectivity index (χ1) is 14.5. The van der Waals surface area contributed by atoms with E-state index in [9.17, 15) is 9.50 Å². The predicted molar refractivity (Wildman–Crippen MR) is 111 cm³/mol. The number of nitrogens with zero attached hydrogens (tertiary/aromatic N) is 3. The van der Waals surface area contributed by atoms with Crippen molar-refractivity contribution >= 4 is 0 Å². The van der Waals surface area contributed by atoms with Crippen molar-refractivity contribution in [3.05, 3.63) is 47.4 Å².